The third-order valence-corrected chi connectivity index (χ3v) is 5.52. The van der Waals surface area contributed by atoms with E-state index in [4.69, 9.17) is 15.0 Å². The predicted molar refractivity (Wildman–Crippen MR) is 100 cm³/mol. The molecule has 0 aliphatic carbocycles. The van der Waals surface area contributed by atoms with Gasteiger partial charge in [0, 0.05) is 50.1 Å². The molecule has 0 aromatic carbocycles. The summed E-state index contributed by atoms with van der Waals surface area (Å²) in [6, 6.07) is 0.425. The quantitative estimate of drug-likeness (QED) is 0.565. The van der Waals surface area contributed by atoms with Crippen LogP contribution in [0.4, 0.5) is 5.95 Å². The highest BCUT2D eigenvalue weighted by molar-refractivity contribution is 6.61. The molecule has 0 unspecified atom stereocenters. The SMILES string of the molecule is CC1(C)OB(c2cnc(N3CCC[C@H]3CNCCN)nc2)OC1(C)C. The van der Waals surface area contributed by atoms with Crippen LogP contribution in [-0.2, 0) is 9.31 Å². The van der Waals surface area contributed by atoms with Crippen molar-refractivity contribution in [2.75, 3.05) is 31.1 Å². The molecule has 3 rings (SSSR count). The van der Waals surface area contributed by atoms with Crippen LogP contribution in [0.1, 0.15) is 40.5 Å². The molecule has 138 valence electrons. The Bertz CT molecular complexity index is 565. The minimum absolute atomic E-state index is 0.356. The van der Waals surface area contributed by atoms with Crippen LogP contribution in [0.5, 0.6) is 0 Å². The Morgan fingerprint density at radius 2 is 1.88 bits per heavy atom. The van der Waals surface area contributed by atoms with Gasteiger partial charge in [0.2, 0.25) is 5.95 Å². The van der Waals surface area contributed by atoms with Crippen molar-refractivity contribution in [2.24, 2.45) is 5.73 Å². The summed E-state index contributed by atoms with van der Waals surface area (Å²) < 4.78 is 12.1. The third-order valence-electron chi connectivity index (χ3n) is 5.52. The fourth-order valence-electron chi connectivity index (χ4n) is 3.26. The Morgan fingerprint density at radius 3 is 2.48 bits per heavy atom. The summed E-state index contributed by atoms with van der Waals surface area (Å²) in [5.41, 5.74) is 5.70. The molecule has 1 aromatic rings. The summed E-state index contributed by atoms with van der Waals surface area (Å²) in [5.74, 6) is 0.775. The van der Waals surface area contributed by atoms with Crippen molar-refractivity contribution >= 4 is 18.5 Å². The van der Waals surface area contributed by atoms with Crippen LogP contribution in [0.3, 0.4) is 0 Å². The highest BCUT2D eigenvalue weighted by atomic mass is 16.7. The summed E-state index contributed by atoms with van der Waals surface area (Å²) in [7, 11) is -0.417. The first-order valence-corrected chi connectivity index (χ1v) is 9.19. The molecule has 2 aliphatic heterocycles. The summed E-state index contributed by atoms with van der Waals surface area (Å²) in [6.45, 7) is 11.6. The molecule has 0 saturated carbocycles. The van der Waals surface area contributed by atoms with Crippen molar-refractivity contribution in [3.05, 3.63) is 12.4 Å². The normalized spacial score (nSPS) is 24.9. The second kappa shape index (κ2) is 7.19. The molecule has 2 saturated heterocycles. The number of hydrogen-bond donors (Lipinski definition) is 2. The fraction of sp³-hybridized carbons (Fsp3) is 0.765. The van der Waals surface area contributed by atoms with Crippen LogP contribution in [0.15, 0.2) is 12.4 Å². The first-order chi connectivity index (χ1) is 11.8. The number of nitrogens with zero attached hydrogens (tertiary/aromatic N) is 3. The second-order valence-electron chi connectivity index (χ2n) is 7.89. The molecule has 3 heterocycles. The van der Waals surface area contributed by atoms with E-state index in [1.165, 1.54) is 0 Å². The number of hydrogen-bond acceptors (Lipinski definition) is 7. The Kier molecular flexibility index (Phi) is 5.34. The van der Waals surface area contributed by atoms with Crippen molar-refractivity contribution in [1.82, 2.24) is 15.3 Å². The van der Waals surface area contributed by atoms with E-state index in [2.05, 4.69) is 20.2 Å². The van der Waals surface area contributed by atoms with E-state index < -0.39 is 7.12 Å². The maximum Gasteiger partial charge on any atom is 0.498 e. The molecule has 25 heavy (non-hydrogen) atoms. The Hall–Kier alpha value is -1.22. The van der Waals surface area contributed by atoms with E-state index in [1.807, 2.05) is 40.1 Å². The molecule has 1 aromatic heterocycles. The first kappa shape index (κ1) is 18.6. The molecule has 0 spiro atoms. The third kappa shape index (κ3) is 3.82. The first-order valence-electron chi connectivity index (χ1n) is 9.19. The van der Waals surface area contributed by atoms with Gasteiger partial charge >= 0.3 is 7.12 Å². The lowest BCUT2D eigenvalue weighted by atomic mass is 9.81. The smallest absolute Gasteiger partial charge is 0.399 e. The van der Waals surface area contributed by atoms with Gasteiger partial charge in [-0.05, 0) is 40.5 Å². The lowest BCUT2D eigenvalue weighted by Crippen LogP contribution is -2.41. The zero-order valence-electron chi connectivity index (χ0n) is 15.8. The predicted octanol–water partition coefficient (Wildman–Crippen LogP) is 0.293. The van der Waals surface area contributed by atoms with E-state index in [0.29, 0.717) is 12.6 Å². The average molecular weight is 347 g/mol. The van der Waals surface area contributed by atoms with E-state index in [9.17, 15) is 0 Å². The molecule has 0 bridgehead atoms. The van der Waals surface area contributed by atoms with E-state index in [1.54, 1.807) is 0 Å². The molecule has 1 atom stereocenters. The van der Waals surface area contributed by atoms with Gasteiger partial charge in [-0.25, -0.2) is 9.97 Å². The average Bonchev–Trinajstić information content (AvgIpc) is 3.10. The van der Waals surface area contributed by atoms with E-state index in [0.717, 1.165) is 43.9 Å². The largest absolute Gasteiger partial charge is 0.498 e. The number of aromatic nitrogens is 2. The van der Waals surface area contributed by atoms with Crippen molar-refractivity contribution in [3.63, 3.8) is 0 Å². The number of anilines is 1. The van der Waals surface area contributed by atoms with Crippen molar-refractivity contribution in [3.8, 4) is 0 Å². The molecule has 7 nitrogen and oxygen atoms in total. The molecule has 0 amide bonds. The van der Waals surface area contributed by atoms with Crippen molar-refractivity contribution < 1.29 is 9.31 Å². The van der Waals surface area contributed by atoms with Gasteiger partial charge < -0.3 is 25.3 Å². The van der Waals surface area contributed by atoms with Gasteiger partial charge in [0.05, 0.1) is 11.2 Å². The van der Waals surface area contributed by atoms with Gasteiger partial charge in [-0.1, -0.05) is 0 Å². The molecular formula is C17H30BN5O2. The standard InChI is InChI=1S/C17H30BN5O2/c1-16(2)17(3,4)25-18(24-16)13-10-21-15(22-11-13)23-9-5-6-14(23)12-20-8-7-19/h10-11,14,20H,5-9,12,19H2,1-4H3/t14-/m0/s1. The zero-order valence-corrected chi connectivity index (χ0v) is 15.8. The molecular weight excluding hydrogens is 317 g/mol. The number of nitrogens with one attached hydrogen (secondary N) is 1. The number of nitrogens with two attached hydrogens (primary N) is 1. The molecule has 8 heteroatoms. The van der Waals surface area contributed by atoms with Crippen molar-refractivity contribution in [2.45, 2.75) is 57.8 Å². The topological polar surface area (TPSA) is 85.5 Å². The summed E-state index contributed by atoms with van der Waals surface area (Å²) in [6.07, 6.45) is 5.97. The van der Waals surface area contributed by atoms with Crippen LogP contribution >= 0.6 is 0 Å². The van der Waals surface area contributed by atoms with Gasteiger partial charge in [0.15, 0.2) is 0 Å². The zero-order chi connectivity index (χ0) is 18.1. The van der Waals surface area contributed by atoms with Crippen LogP contribution in [0, 0.1) is 0 Å². The Balaban J connectivity index is 1.66. The summed E-state index contributed by atoms with van der Waals surface area (Å²) >= 11 is 0. The minimum atomic E-state index is -0.417. The van der Waals surface area contributed by atoms with Gasteiger partial charge in [-0.2, -0.15) is 0 Å². The Morgan fingerprint density at radius 1 is 1.24 bits per heavy atom. The van der Waals surface area contributed by atoms with Crippen LogP contribution in [0.25, 0.3) is 0 Å². The van der Waals surface area contributed by atoms with Gasteiger partial charge in [0.25, 0.3) is 0 Å². The lowest BCUT2D eigenvalue weighted by molar-refractivity contribution is 0.00578. The van der Waals surface area contributed by atoms with Crippen LogP contribution in [0.2, 0.25) is 0 Å². The second-order valence-corrected chi connectivity index (χ2v) is 7.89. The number of rotatable bonds is 6. The van der Waals surface area contributed by atoms with Gasteiger partial charge in [-0.3, -0.25) is 0 Å². The van der Waals surface area contributed by atoms with Gasteiger partial charge in [-0.15, -0.1) is 0 Å². The maximum atomic E-state index is 6.06. The molecule has 2 fully saturated rings. The molecule has 0 radical (unpaired) electrons. The van der Waals surface area contributed by atoms with Crippen molar-refractivity contribution in [1.29, 1.82) is 0 Å². The van der Waals surface area contributed by atoms with Crippen LogP contribution in [-0.4, -0.2) is 60.5 Å². The van der Waals surface area contributed by atoms with Gasteiger partial charge in [0.1, 0.15) is 0 Å². The van der Waals surface area contributed by atoms with E-state index in [-0.39, 0.29) is 11.2 Å². The highest BCUT2D eigenvalue weighted by Gasteiger charge is 2.52. The van der Waals surface area contributed by atoms with E-state index >= 15 is 0 Å². The monoisotopic (exact) mass is 347 g/mol. The Labute approximate surface area is 150 Å². The summed E-state index contributed by atoms with van der Waals surface area (Å²) in [4.78, 5) is 11.4. The summed E-state index contributed by atoms with van der Waals surface area (Å²) in [5, 5.41) is 3.39. The minimum Gasteiger partial charge on any atom is -0.399 e. The molecule has 2 aliphatic rings. The fourth-order valence-corrected chi connectivity index (χ4v) is 3.26. The highest BCUT2D eigenvalue weighted by Crippen LogP contribution is 2.36. The molecule has 3 N–H and O–H groups in total. The maximum absolute atomic E-state index is 6.06. The van der Waals surface area contributed by atoms with Crippen LogP contribution < -0.4 is 21.4 Å². The lowest BCUT2D eigenvalue weighted by Gasteiger charge is -2.32.